The highest BCUT2D eigenvalue weighted by molar-refractivity contribution is 5.87. The zero-order valence-electron chi connectivity index (χ0n) is 6.39. The summed E-state index contributed by atoms with van der Waals surface area (Å²) in [7, 11) is 1.59. The van der Waals surface area contributed by atoms with E-state index in [0.717, 1.165) is 0 Å². The van der Waals surface area contributed by atoms with Crippen LogP contribution in [0, 0.1) is 0 Å². The first-order valence-corrected chi connectivity index (χ1v) is 3.24. The van der Waals surface area contributed by atoms with E-state index in [1.807, 2.05) is 6.92 Å². The quantitative estimate of drug-likeness (QED) is 0.587. The third-order valence-electron chi connectivity index (χ3n) is 0.883. The van der Waals surface area contributed by atoms with Gasteiger partial charge in [0.25, 0.3) is 0 Å². The predicted molar refractivity (Wildman–Crippen MR) is 41.8 cm³/mol. The third-order valence-corrected chi connectivity index (χ3v) is 0.883. The summed E-state index contributed by atoms with van der Waals surface area (Å²) in [5.41, 5.74) is 0. The molecule has 60 valence electrons. The molecule has 1 N–H and O–H groups in total. The highest BCUT2D eigenvalue weighted by Crippen LogP contribution is 1.74. The molecule has 0 radical (unpaired) electrons. The van der Waals surface area contributed by atoms with Gasteiger partial charge in [-0.2, -0.15) is 0 Å². The van der Waals surface area contributed by atoms with Crippen LogP contribution >= 0.6 is 0 Å². The van der Waals surface area contributed by atoms with Gasteiger partial charge in [-0.05, 0) is 6.92 Å². The average molecular weight is 145 g/mol. The first-order valence-electron chi connectivity index (χ1n) is 3.24. The van der Waals surface area contributed by atoms with Crippen molar-refractivity contribution in [2.24, 2.45) is 0 Å². The van der Waals surface area contributed by atoms with E-state index < -0.39 is 0 Å². The summed E-state index contributed by atoms with van der Waals surface area (Å²) < 4.78 is 4.70. The summed E-state index contributed by atoms with van der Waals surface area (Å²) in [4.78, 5) is 10.7. The summed E-state index contributed by atoms with van der Waals surface area (Å²) in [5.74, 6) is -0.0699. The Bertz CT molecular complexity index is 126. The molecule has 0 saturated carbocycles. The van der Waals surface area contributed by atoms with Crippen molar-refractivity contribution in [2.45, 2.75) is 6.92 Å². The van der Waals surface area contributed by atoms with Gasteiger partial charge in [0.1, 0.15) is 0 Å². The topological polar surface area (TPSA) is 38.3 Å². The highest BCUT2D eigenvalue weighted by atomic mass is 16.5. The number of hydrogen-bond acceptors (Lipinski definition) is 2. The lowest BCUT2D eigenvalue weighted by Crippen LogP contribution is -2.19. The number of amides is 1. The minimum atomic E-state index is -0.0699. The van der Waals surface area contributed by atoms with Gasteiger partial charge in [0.05, 0.1) is 6.61 Å². The van der Waals surface area contributed by atoms with Gasteiger partial charge < -0.3 is 10.1 Å². The molecule has 3 heteroatoms. The molecule has 0 rings (SSSR count). The zero-order valence-corrected chi connectivity index (χ0v) is 6.39. The molecule has 0 aromatic carbocycles. The van der Waals surface area contributed by atoms with Crippen molar-refractivity contribution in [2.75, 3.05) is 20.3 Å². The summed E-state index contributed by atoms with van der Waals surface area (Å²) in [6.45, 7) is 3.02. The van der Waals surface area contributed by atoms with Crippen LogP contribution in [-0.4, -0.2) is 26.2 Å². The molecule has 0 atom stereocenters. The first kappa shape index (κ1) is 9.17. The van der Waals surface area contributed by atoms with Crippen molar-refractivity contribution in [3.63, 3.8) is 0 Å². The van der Waals surface area contributed by atoms with Gasteiger partial charge in [-0.3, -0.25) is 4.79 Å². The molecule has 0 aromatic heterocycles. The first-order chi connectivity index (χ1) is 4.81. The fraction of sp³-hybridized carbons (Fsp3) is 0.571. The molecule has 0 fully saturated rings. The van der Waals surface area contributed by atoms with E-state index in [-0.39, 0.29) is 7.33 Å². The summed E-state index contributed by atoms with van der Waals surface area (Å²) in [6.07, 6.45) is 3.14. The number of carbonyl (C=O) groups is 1. The fourth-order valence-electron chi connectivity index (χ4n) is 0.485. The molecule has 1 amide bonds. The molecule has 10 heavy (non-hydrogen) atoms. The largest absolute Gasteiger partial charge is 0.381 e. The Hall–Kier alpha value is -0.830. The van der Waals surface area contributed by atoms with Crippen molar-refractivity contribution in [3.8, 4) is 0 Å². The fourth-order valence-corrected chi connectivity index (χ4v) is 0.485. The molecule has 0 aliphatic carbocycles. The Morgan fingerprint density at radius 3 is 3.00 bits per heavy atom. The van der Waals surface area contributed by atoms with Crippen molar-refractivity contribution in [1.29, 1.82) is 0 Å². The molecule has 0 unspecified atom stereocenters. The number of methoxy groups -OCH3 is 1. The van der Waals surface area contributed by atoms with Crippen molar-refractivity contribution >= 4 is 5.91 Å². The number of rotatable bonds is 4. The maximum absolute atomic E-state index is 10.7. The van der Waals surface area contributed by atoms with Crippen LogP contribution in [0.2, 0.25) is 0 Å². The van der Waals surface area contributed by atoms with Crippen LogP contribution in [0.4, 0.5) is 0 Å². The lowest BCUT2D eigenvalue weighted by Gasteiger charge is -1.93. The highest BCUT2D eigenvalue weighted by Gasteiger charge is 1.87. The SMILES string of the molecule is CCNC(=O)/C=C/COC.[HH]. The van der Waals surface area contributed by atoms with E-state index in [1.165, 1.54) is 6.08 Å². The number of ether oxygens (including phenoxy) is 1. The van der Waals surface area contributed by atoms with Crippen LogP contribution in [0.25, 0.3) is 0 Å². The standard InChI is InChI=1S/C7H13NO2.H2/c1-3-8-7(9)5-4-6-10-2;/h4-5H,3,6H2,1-2H3,(H,8,9);1H/b5-4+;. The van der Waals surface area contributed by atoms with E-state index in [1.54, 1.807) is 13.2 Å². The van der Waals surface area contributed by atoms with Crippen molar-refractivity contribution in [1.82, 2.24) is 5.32 Å². The summed E-state index contributed by atoms with van der Waals surface area (Å²) in [6, 6.07) is 0. The Balaban J connectivity index is 0. The molecule has 0 spiro atoms. The number of carbonyl (C=O) groups excluding carboxylic acids is 1. The van der Waals surface area contributed by atoms with E-state index in [4.69, 9.17) is 4.74 Å². The molecule has 0 aromatic rings. The van der Waals surface area contributed by atoms with Crippen LogP contribution in [-0.2, 0) is 9.53 Å². The Kier molecular flexibility index (Phi) is 5.77. The van der Waals surface area contributed by atoms with Gasteiger partial charge >= 0.3 is 0 Å². The van der Waals surface area contributed by atoms with Crippen LogP contribution in [0.3, 0.4) is 0 Å². The molecule has 0 aliphatic rings. The van der Waals surface area contributed by atoms with Crippen molar-refractivity contribution in [3.05, 3.63) is 12.2 Å². The minimum absolute atomic E-state index is 0. The Morgan fingerprint density at radius 1 is 1.80 bits per heavy atom. The number of hydrogen-bond donors (Lipinski definition) is 1. The van der Waals surface area contributed by atoms with E-state index in [2.05, 4.69) is 5.32 Å². The van der Waals surface area contributed by atoms with Crippen LogP contribution in [0.15, 0.2) is 12.2 Å². The van der Waals surface area contributed by atoms with Gasteiger partial charge in [-0.25, -0.2) is 0 Å². The normalized spacial score (nSPS) is 10.2. The molecule has 0 heterocycles. The number of nitrogens with one attached hydrogen (secondary N) is 1. The third kappa shape index (κ3) is 5.31. The second-order valence-corrected chi connectivity index (χ2v) is 1.75. The van der Waals surface area contributed by atoms with Gasteiger partial charge in [0, 0.05) is 21.2 Å². The number of likely N-dealkylation sites (N-methyl/N-ethyl adjacent to an activating group) is 1. The van der Waals surface area contributed by atoms with E-state index in [0.29, 0.717) is 13.2 Å². The van der Waals surface area contributed by atoms with Gasteiger partial charge in [-0.15, -0.1) is 0 Å². The second kappa shape index (κ2) is 6.29. The minimum Gasteiger partial charge on any atom is -0.381 e. The molecule has 0 saturated heterocycles. The van der Waals surface area contributed by atoms with E-state index >= 15 is 0 Å². The molecular formula is C7H15NO2. The van der Waals surface area contributed by atoms with Gasteiger partial charge in [0.2, 0.25) is 5.91 Å². The predicted octanol–water partition coefficient (Wildman–Crippen LogP) is 0.571. The van der Waals surface area contributed by atoms with E-state index in [9.17, 15) is 4.79 Å². The smallest absolute Gasteiger partial charge is 0.243 e. The zero-order chi connectivity index (χ0) is 7.82. The molecular weight excluding hydrogens is 130 g/mol. The van der Waals surface area contributed by atoms with Crippen LogP contribution in [0.5, 0.6) is 0 Å². The molecule has 3 nitrogen and oxygen atoms in total. The Morgan fingerprint density at radius 2 is 2.50 bits per heavy atom. The summed E-state index contributed by atoms with van der Waals surface area (Å²) >= 11 is 0. The van der Waals surface area contributed by atoms with Crippen LogP contribution < -0.4 is 5.32 Å². The molecule has 0 bridgehead atoms. The van der Waals surface area contributed by atoms with Gasteiger partial charge in [0.15, 0.2) is 0 Å². The Labute approximate surface area is 62.5 Å². The lowest BCUT2D eigenvalue weighted by atomic mass is 10.5. The maximum atomic E-state index is 10.7. The average Bonchev–Trinajstić information content (AvgIpc) is 1.89. The second-order valence-electron chi connectivity index (χ2n) is 1.75. The van der Waals surface area contributed by atoms with Crippen LogP contribution in [0.1, 0.15) is 8.35 Å². The summed E-state index contributed by atoms with van der Waals surface area (Å²) in [5, 5.41) is 2.62. The van der Waals surface area contributed by atoms with Gasteiger partial charge in [-0.1, -0.05) is 6.08 Å². The lowest BCUT2D eigenvalue weighted by molar-refractivity contribution is -0.116. The van der Waals surface area contributed by atoms with Crippen molar-refractivity contribution < 1.29 is 11.0 Å². The monoisotopic (exact) mass is 145 g/mol. The molecule has 0 aliphatic heterocycles. The maximum Gasteiger partial charge on any atom is 0.243 e.